The van der Waals surface area contributed by atoms with Gasteiger partial charge in [0.05, 0.1) is 11.1 Å². The van der Waals surface area contributed by atoms with Crippen molar-refractivity contribution >= 4 is 31.9 Å². The maximum absolute atomic E-state index is 5.60. The Bertz CT molecular complexity index is 307. The number of ether oxygens (including phenoxy) is 1. The first kappa shape index (κ1) is 15.0. The number of aromatic nitrogens is 1. The van der Waals surface area contributed by atoms with Gasteiger partial charge < -0.3 is 4.74 Å². The standard InChI is InChI=1S/C13H19Br2NO/c14-9-5-3-1-2-4-6-11-17-13-12(15)8-7-10-16-13/h7-8,10H,1-6,9,11H2. The van der Waals surface area contributed by atoms with Gasteiger partial charge in [0, 0.05) is 11.5 Å². The zero-order chi connectivity index (χ0) is 12.3. The van der Waals surface area contributed by atoms with E-state index in [0.717, 1.165) is 22.8 Å². The second kappa shape index (κ2) is 9.89. The van der Waals surface area contributed by atoms with Crippen molar-refractivity contribution in [3.63, 3.8) is 0 Å². The van der Waals surface area contributed by atoms with Crippen LogP contribution in [-0.2, 0) is 0 Å². The average molecular weight is 365 g/mol. The third-order valence-corrected chi connectivity index (χ3v) is 3.66. The molecule has 0 bridgehead atoms. The van der Waals surface area contributed by atoms with E-state index in [2.05, 4.69) is 36.8 Å². The maximum Gasteiger partial charge on any atom is 0.227 e. The van der Waals surface area contributed by atoms with E-state index in [0.29, 0.717) is 5.88 Å². The lowest BCUT2D eigenvalue weighted by atomic mass is 10.1. The first-order chi connectivity index (χ1) is 8.34. The number of rotatable bonds is 9. The van der Waals surface area contributed by atoms with Gasteiger partial charge in [-0.1, -0.05) is 41.6 Å². The fourth-order valence-corrected chi connectivity index (χ4v) is 2.32. The molecule has 0 amide bonds. The Hall–Kier alpha value is -0.0900. The first-order valence-electron chi connectivity index (χ1n) is 6.14. The van der Waals surface area contributed by atoms with Crippen molar-refractivity contribution in [2.45, 2.75) is 38.5 Å². The third kappa shape index (κ3) is 7.04. The number of halogens is 2. The molecule has 17 heavy (non-hydrogen) atoms. The van der Waals surface area contributed by atoms with Crippen LogP contribution in [0, 0.1) is 0 Å². The van der Waals surface area contributed by atoms with Crippen molar-refractivity contribution in [1.82, 2.24) is 4.98 Å². The molecule has 1 aromatic heterocycles. The lowest BCUT2D eigenvalue weighted by Gasteiger charge is -2.06. The highest BCUT2D eigenvalue weighted by molar-refractivity contribution is 9.10. The summed E-state index contributed by atoms with van der Waals surface area (Å²) < 4.78 is 6.53. The Kier molecular flexibility index (Phi) is 8.71. The van der Waals surface area contributed by atoms with Crippen LogP contribution in [0.1, 0.15) is 38.5 Å². The summed E-state index contributed by atoms with van der Waals surface area (Å²) in [5.74, 6) is 0.701. The molecule has 4 heteroatoms. The second-order valence-corrected chi connectivity index (χ2v) is 5.60. The van der Waals surface area contributed by atoms with Gasteiger partial charge in [-0.2, -0.15) is 0 Å². The van der Waals surface area contributed by atoms with Gasteiger partial charge >= 0.3 is 0 Å². The molecule has 2 nitrogen and oxygen atoms in total. The number of hydrogen-bond donors (Lipinski definition) is 0. The molecule has 0 spiro atoms. The van der Waals surface area contributed by atoms with E-state index in [4.69, 9.17) is 4.74 Å². The fourth-order valence-electron chi connectivity index (χ4n) is 1.55. The zero-order valence-electron chi connectivity index (χ0n) is 10.0. The lowest BCUT2D eigenvalue weighted by molar-refractivity contribution is 0.291. The van der Waals surface area contributed by atoms with Gasteiger partial charge in [-0.05, 0) is 40.9 Å². The molecule has 0 aromatic carbocycles. The molecule has 0 radical (unpaired) electrons. The summed E-state index contributed by atoms with van der Waals surface area (Å²) in [4.78, 5) is 4.16. The van der Waals surface area contributed by atoms with Gasteiger partial charge in [0.25, 0.3) is 0 Å². The molecule has 1 heterocycles. The predicted octanol–water partition coefficient (Wildman–Crippen LogP) is 4.96. The molecule has 0 saturated carbocycles. The van der Waals surface area contributed by atoms with E-state index < -0.39 is 0 Å². The fraction of sp³-hybridized carbons (Fsp3) is 0.615. The van der Waals surface area contributed by atoms with Gasteiger partial charge in [-0.3, -0.25) is 0 Å². The van der Waals surface area contributed by atoms with E-state index in [9.17, 15) is 0 Å². The number of alkyl halides is 1. The van der Waals surface area contributed by atoms with Gasteiger partial charge in [-0.15, -0.1) is 0 Å². The monoisotopic (exact) mass is 363 g/mol. The normalized spacial score (nSPS) is 10.5. The minimum atomic E-state index is 0.701. The molecule has 1 rings (SSSR count). The Labute approximate surface area is 120 Å². The lowest BCUT2D eigenvalue weighted by Crippen LogP contribution is -1.99. The predicted molar refractivity (Wildman–Crippen MR) is 78.9 cm³/mol. The van der Waals surface area contributed by atoms with Crippen LogP contribution in [0.5, 0.6) is 5.88 Å². The number of pyridine rings is 1. The van der Waals surface area contributed by atoms with Crippen molar-refractivity contribution in [3.8, 4) is 5.88 Å². The summed E-state index contributed by atoms with van der Waals surface area (Å²) in [6.07, 6.45) is 9.36. The van der Waals surface area contributed by atoms with Crippen LogP contribution in [0.25, 0.3) is 0 Å². The molecular weight excluding hydrogens is 346 g/mol. The Morgan fingerprint density at radius 3 is 2.47 bits per heavy atom. The molecule has 0 N–H and O–H groups in total. The minimum absolute atomic E-state index is 0.701. The number of nitrogens with zero attached hydrogens (tertiary/aromatic N) is 1. The topological polar surface area (TPSA) is 22.1 Å². The van der Waals surface area contributed by atoms with Crippen molar-refractivity contribution in [2.75, 3.05) is 11.9 Å². The van der Waals surface area contributed by atoms with Crippen LogP contribution in [0.3, 0.4) is 0 Å². The Balaban J connectivity index is 1.99. The molecule has 0 saturated heterocycles. The largest absolute Gasteiger partial charge is 0.477 e. The summed E-state index contributed by atoms with van der Waals surface area (Å²) in [5, 5.41) is 1.13. The molecule has 96 valence electrons. The zero-order valence-corrected chi connectivity index (χ0v) is 13.2. The molecular formula is C13H19Br2NO. The summed E-state index contributed by atoms with van der Waals surface area (Å²) in [6, 6.07) is 3.84. The van der Waals surface area contributed by atoms with Crippen molar-refractivity contribution in [1.29, 1.82) is 0 Å². The van der Waals surface area contributed by atoms with Crippen LogP contribution in [-0.4, -0.2) is 16.9 Å². The molecule has 0 aliphatic heterocycles. The summed E-state index contributed by atoms with van der Waals surface area (Å²) in [5.41, 5.74) is 0. The van der Waals surface area contributed by atoms with Crippen LogP contribution in [0.15, 0.2) is 22.8 Å². The molecule has 1 aromatic rings. The molecule has 0 aliphatic rings. The van der Waals surface area contributed by atoms with Crippen molar-refractivity contribution in [3.05, 3.63) is 22.8 Å². The summed E-state index contributed by atoms with van der Waals surface area (Å²) in [7, 11) is 0. The molecule has 0 fully saturated rings. The van der Waals surface area contributed by atoms with Crippen molar-refractivity contribution in [2.24, 2.45) is 0 Å². The van der Waals surface area contributed by atoms with Gasteiger partial charge in [0.15, 0.2) is 0 Å². The average Bonchev–Trinajstić information content (AvgIpc) is 2.35. The Morgan fingerprint density at radius 1 is 1.06 bits per heavy atom. The third-order valence-electron chi connectivity index (χ3n) is 2.49. The van der Waals surface area contributed by atoms with Crippen LogP contribution in [0.2, 0.25) is 0 Å². The number of hydrogen-bond acceptors (Lipinski definition) is 2. The SMILES string of the molecule is BrCCCCCCCCOc1ncccc1Br. The van der Waals surface area contributed by atoms with Gasteiger partial charge in [-0.25, -0.2) is 4.98 Å². The molecule has 0 unspecified atom stereocenters. The van der Waals surface area contributed by atoms with Crippen molar-refractivity contribution < 1.29 is 4.74 Å². The van der Waals surface area contributed by atoms with E-state index >= 15 is 0 Å². The van der Waals surface area contributed by atoms with E-state index in [-0.39, 0.29) is 0 Å². The first-order valence-corrected chi connectivity index (χ1v) is 8.05. The number of unbranched alkanes of at least 4 members (excludes halogenated alkanes) is 5. The molecule has 0 aliphatic carbocycles. The smallest absolute Gasteiger partial charge is 0.227 e. The van der Waals surface area contributed by atoms with E-state index in [1.807, 2.05) is 12.1 Å². The second-order valence-electron chi connectivity index (χ2n) is 3.95. The van der Waals surface area contributed by atoms with Crippen LogP contribution < -0.4 is 4.74 Å². The van der Waals surface area contributed by atoms with E-state index in [1.165, 1.54) is 32.1 Å². The van der Waals surface area contributed by atoms with Crippen LogP contribution in [0.4, 0.5) is 0 Å². The highest BCUT2D eigenvalue weighted by atomic mass is 79.9. The summed E-state index contributed by atoms with van der Waals surface area (Å²) in [6.45, 7) is 0.758. The maximum atomic E-state index is 5.60. The minimum Gasteiger partial charge on any atom is -0.477 e. The molecule has 0 atom stereocenters. The highest BCUT2D eigenvalue weighted by Gasteiger charge is 2.00. The van der Waals surface area contributed by atoms with Gasteiger partial charge in [0.2, 0.25) is 5.88 Å². The Morgan fingerprint density at radius 2 is 1.76 bits per heavy atom. The highest BCUT2D eigenvalue weighted by Crippen LogP contribution is 2.20. The summed E-state index contributed by atoms with van der Waals surface area (Å²) >= 11 is 6.86. The van der Waals surface area contributed by atoms with Crippen LogP contribution >= 0.6 is 31.9 Å². The van der Waals surface area contributed by atoms with Gasteiger partial charge in [0.1, 0.15) is 0 Å². The van der Waals surface area contributed by atoms with E-state index in [1.54, 1.807) is 6.20 Å². The quantitative estimate of drug-likeness (QED) is 0.456.